The molecule has 7 heteroatoms. The minimum Gasteiger partial charge on any atom is -0.462 e. The van der Waals surface area contributed by atoms with Gasteiger partial charge in [0, 0.05) is 31.2 Å². The lowest BCUT2D eigenvalue weighted by molar-refractivity contribution is 0.244. The zero-order chi connectivity index (χ0) is 15.2. The molecule has 6 nitrogen and oxygen atoms in total. The summed E-state index contributed by atoms with van der Waals surface area (Å²) in [6.45, 7) is 2.42. The van der Waals surface area contributed by atoms with E-state index in [0.29, 0.717) is 36.7 Å². The van der Waals surface area contributed by atoms with Crippen molar-refractivity contribution < 1.29 is 17.9 Å². The number of aliphatic hydroxyl groups excluding tert-OH is 1. The molecule has 2 fully saturated rings. The molecular formula is C14H22N2O4S. The van der Waals surface area contributed by atoms with Gasteiger partial charge >= 0.3 is 0 Å². The number of hydrogen-bond donors (Lipinski definition) is 1. The van der Waals surface area contributed by atoms with Crippen molar-refractivity contribution in [2.45, 2.75) is 49.8 Å². The molecule has 0 amide bonds. The summed E-state index contributed by atoms with van der Waals surface area (Å²) in [5, 5.41) is 9.11. The van der Waals surface area contributed by atoms with Crippen LogP contribution in [0.1, 0.15) is 30.8 Å². The van der Waals surface area contributed by atoms with E-state index in [1.54, 1.807) is 11.2 Å². The van der Waals surface area contributed by atoms with Gasteiger partial charge in [-0.2, -0.15) is 4.31 Å². The Morgan fingerprint density at radius 3 is 2.71 bits per heavy atom. The molecule has 2 aliphatic heterocycles. The molecule has 21 heavy (non-hydrogen) atoms. The molecule has 0 aliphatic carbocycles. The average molecular weight is 314 g/mol. The molecule has 3 heterocycles. The van der Waals surface area contributed by atoms with Crippen LogP contribution in [0.3, 0.4) is 0 Å². The highest BCUT2D eigenvalue weighted by Crippen LogP contribution is 2.32. The van der Waals surface area contributed by atoms with Crippen molar-refractivity contribution in [3.05, 3.63) is 17.6 Å². The van der Waals surface area contributed by atoms with E-state index < -0.39 is 10.0 Å². The van der Waals surface area contributed by atoms with Crippen LogP contribution in [-0.2, 0) is 16.6 Å². The Morgan fingerprint density at radius 1 is 1.33 bits per heavy atom. The normalized spacial score (nSPS) is 28.0. The molecule has 1 aromatic heterocycles. The van der Waals surface area contributed by atoms with Crippen LogP contribution in [0.2, 0.25) is 0 Å². The average Bonchev–Trinajstić information content (AvgIpc) is 2.90. The van der Waals surface area contributed by atoms with E-state index in [-0.39, 0.29) is 11.5 Å². The monoisotopic (exact) mass is 314 g/mol. The van der Waals surface area contributed by atoms with Crippen LogP contribution in [0, 0.1) is 6.92 Å². The number of sulfonamides is 1. The van der Waals surface area contributed by atoms with Crippen LogP contribution in [-0.4, -0.2) is 55.0 Å². The van der Waals surface area contributed by atoms with Gasteiger partial charge in [-0.05, 0) is 33.2 Å². The fourth-order valence-electron chi connectivity index (χ4n) is 3.49. The van der Waals surface area contributed by atoms with Crippen molar-refractivity contribution in [2.75, 3.05) is 20.1 Å². The lowest BCUT2D eigenvalue weighted by atomic mass is 10.1. The van der Waals surface area contributed by atoms with Gasteiger partial charge in [-0.25, -0.2) is 8.42 Å². The Bertz CT molecular complexity index is 625. The molecule has 0 aromatic carbocycles. The first-order valence-electron chi connectivity index (χ1n) is 7.35. The van der Waals surface area contributed by atoms with Crippen LogP contribution in [0.4, 0.5) is 0 Å². The highest BCUT2D eigenvalue weighted by molar-refractivity contribution is 7.89. The molecule has 1 N–H and O–H groups in total. The van der Waals surface area contributed by atoms with Crippen molar-refractivity contribution in [2.24, 2.45) is 0 Å². The number of nitrogens with zero attached hydrogens (tertiary/aromatic N) is 2. The number of rotatable bonds is 3. The summed E-state index contributed by atoms with van der Waals surface area (Å²) >= 11 is 0. The fraction of sp³-hybridized carbons (Fsp3) is 0.714. The van der Waals surface area contributed by atoms with Crippen molar-refractivity contribution in [1.29, 1.82) is 0 Å². The van der Waals surface area contributed by atoms with E-state index in [1.165, 1.54) is 6.07 Å². The van der Waals surface area contributed by atoms with Crippen LogP contribution in [0.5, 0.6) is 0 Å². The number of likely N-dealkylation sites (N-methyl/N-ethyl adjacent to an activating group) is 1. The van der Waals surface area contributed by atoms with Crippen LogP contribution in [0.15, 0.2) is 15.4 Å². The smallest absolute Gasteiger partial charge is 0.246 e. The molecular weight excluding hydrogens is 292 g/mol. The van der Waals surface area contributed by atoms with Crippen LogP contribution in [0.25, 0.3) is 0 Å². The first-order valence-corrected chi connectivity index (χ1v) is 8.79. The van der Waals surface area contributed by atoms with Crippen LogP contribution < -0.4 is 0 Å². The summed E-state index contributed by atoms with van der Waals surface area (Å²) in [7, 11) is -1.46. The first-order chi connectivity index (χ1) is 9.93. The van der Waals surface area contributed by atoms with Gasteiger partial charge in [-0.1, -0.05) is 0 Å². The number of aryl methyl sites for hydroxylation is 1. The third kappa shape index (κ3) is 2.52. The third-order valence-electron chi connectivity index (χ3n) is 4.81. The highest BCUT2D eigenvalue weighted by Gasteiger charge is 2.39. The molecule has 2 atom stereocenters. The zero-order valence-electron chi connectivity index (χ0n) is 12.4. The minimum absolute atomic E-state index is 0.187. The fourth-order valence-corrected chi connectivity index (χ4v) is 5.17. The van der Waals surface area contributed by atoms with Gasteiger partial charge in [0.1, 0.15) is 23.0 Å². The Balaban J connectivity index is 1.89. The molecule has 2 aliphatic rings. The van der Waals surface area contributed by atoms with E-state index in [4.69, 9.17) is 9.52 Å². The second-order valence-corrected chi connectivity index (χ2v) is 7.90. The van der Waals surface area contributed by atoms with E-state index in [9.17, 15) is 8.42 Å². The maximum atomic E-state index is 12.8. The molecule has 2 bridgehead atoms. The first kappa shape index (κ1) is 15.0. The van der Waals surface area contributed by atoms with Gasteiger partial charge < -0.3 is 9.52 Å². The summed E-state index contributed by atoms with van der Waals surface area (Å²) in [5.74, 6) is 0.640. The second kappa shape index (κ2) is 5.39. The standard InChI is InChI=1S/C14H22N2O4S/c1-10-14(7-13(9-17)20-10)21(18,19)16-6-5-11-3-4-12(8-16)15(11)2/h7,11-12,17H,3-6,8-9H2,1-2H3. The molecule has 118 valence electrons. The minimum atomic E-state index is -3.55. The number of hydrogen-bond acceptors (Lipinski definition) is 5. The van der Waals surface area contributed by atoms with Gasteiger partial charge in [-0.15, -0.1) is 0 Å². The molecule has 2 unspecified atom stereocenters. The maximum Gasteiger partial charge on any atom is 0.246 e. The second-order valence-electron chi connectivity index (χ2n) is 5.99. The molecule has 2 saturated heterocycles. The molecule has 0 spiro atoms. The quantitative estimate of drug-likeness (QED) is 0.899. The Morgan fingerprint density at radius 2 is 2.05 bits per heavy atom. The van der Waals surface area contributed by atoms with E-state index in [2.05, 4.69) is 11.9 Å². The van der Waals surface area contributed by atoms with Crippen molar-refractivity contribution in [3.63, 3.8) is 0 Å². The van der Waals surface area contributed by atoms with Crippen LogP contribution >= 0.6 is 0 Å². The highest BCUT2D eigenvalue weighted by atomic mass is 32.2. The summed E-state index contributed by atoms with van der Waals surface area (Å²) in [6, 6.07) is 2.24. The topological polar surface area (TPSA) is 74.0 Å². The Hall–Kier alpha value is -0.890. The van der Waals surface area contributed by atoms with Gasteiger partial charge in [0.05, 0.1) is 0 Å². The number of furan rings is 1. The van der Waals surface area contributed by atoms with E-state index in [0.717, 1.165) is 19.3 Å². The van der Waals surface area contributed by atoms with Crippen molar-refractivity contribution >= 4 is 10.0 Å². The lowest BCUT2D eigenvalue weighted by Gasteiger charge is -2.25. The van der Waals surface area contributed by atoms with Crippen molar-refractivity contribution in [3.8, 4) is 0 Å². The zero-order valence-corrected chi connectivity index (χ0v) is 13.3. The number of aliphatic hydroxyl groups is 1. The largest absolute Gasteiger partial charge is 0.462 e. The Kier molecular flexibility index (Phi) is 3.85. The number of fused-ring (bicyclic) bond motifs is 2. The predicted octanol–water partition coefficient (Wildman–Crippen LogP) is 0.938. The summed E-state index contributed by atoms with van der Waals surface area (Å²) in [6.07, 6.45) is 3.09. The van der Waals surface area contributed by atoms with Gasteiger partial charge in [-0.3, -0.25) is 4.90 Å². The maximum absolute atomic E-state index is 12.8. The lowest BCUT2D eigenvalue weighted by Crippen LogP contribution is -2.39. The van der Waals surface area contributed by atoms with Gasteiger partial charge in [0.25, 0.3) is 0 Å². The van der Waals surface area contributed by atoms with E-state index in [1.807, 2.05) is 0 Å². The predicted molar refractivity (Wildman–Crippen MR) is 77.3 cm³/mol. The SMILES string of the molecule is Cc1oc(CO)cc1S(=O)(=O)N1CCC2CCC(C1)N2C. The summed E-state index contributed by atoms with van der Waals surface area (Å²) in [4.78, 5) is 2.50. The molecule has 0 saturated carbocycles. The Labute approximate surface area is 125 Å². The summed E-state index contributed by atoms with van der Waals surface area (Å²) < 4.78 is 32.5. The van der Waals surface area contributed by atoms with Gasteiger partial charge in [0.15, 0.2) is 0 Å². The molecule has 3 rings (SSSR count). The van der Waals surface area contributed by atoms with E-state index >= 15 is 0 Å². The van der Waals surface area contributed by atoms with Gasteiger partial charge in [0.2, 0.25) is 10.0 Å². The van der Waals surface area contributed by atoms with Crippen molar-refractivity contribution in [1.82, 2.24) is 9.21 Å². The third-order valence-corrected chi connectivity index (χ3v) is 6.78. The molecule has 1 aromatic rings. The molecule has 0 radical (unpaired) electrons. The summed E-state index contributed by atoms with van der Waals surface area (Å²) in [5.41, 5.74) is 0.